The van der Waals surface area contributed by atoms with E-state index in [4.69, 9.17) is 5.73 Å². The molecule has 3 rings (SSSR count). The third kappa shape index (κ3) is 3.47. The van der Waals surface area contributed by atoms with Crippen LogP contribution in [0.3, 0.4) is 0 Å². The Morgan fingerprint density at radius 1 is 1.28 bits per heavy atom. The number of aromatic nitrogens is 4. The predicted octanol–water partition coefficient (Wildman–Crippen LogP) is 2.89. The lowest BCUT2D eigenvalue weighted by molar-refractivity contribution is 0.102. The Balaban J connectivity index is 1.88. The minimum Gasteiger partial charge on any atom is -0.399 e. The fourth-order valence-electron chi connectivity index (χ4n) is 2.33. The van der Waals surface area contributed by atoms with Crippen molar-refractivity contribution in [3.05, 3.63) is 54.1 Å². The van der Waals surface area contributed by atoms with Crippen molar-refractivity contribution < 1.29 is 9.18 Å². The summed E-state index contributed by atoms with van der Waals surface area (Å²) in [5.41, 5.74) is 6.33. The van der Waals surface area contributed by atoms with E-state index < -0.39 is 11.7 Å². The number of nitrogens with one attached hydrogen (secondary N) is 1. The highest BCUT2D eigenvalue weighted by Crippen LogP contribution is 2.20. The van der Waals surface area contributed by atoms with Crippen LogP contribution in [0.1, 0.15) is 30.2 Å². The summed E-state index contributed by atoms with van der Waals surface area (Å²) in [7, 11) is 0. The van der Waals surface area contributed by atoms with Crippen LogP contribution in [0, 0.1) is 5.82 Å². The molecule has 1 aromatic carbocycles. The van der Waals surface area contributed by atoms with Crippen LogP contribution in [0.4, 0.5) is 15.9 Å². The minimum atomic E-state index is -0.651. The molecule has 0 aliphatic rings. The van der Waals surface area contributed by atoms with Crippen LogP contribution in [0.15, 0.2) is 42.7 Å². The lowest BCUT2D eigenvalue weighted by atomic mass is 10.1. The quantitative estimate of drug-likeness (QED) is 0.712. The second-order valence-electron chi connectivity index (χ2n) is 5.76. The van der Waals surface area contributed by atoms with E-state index in [0.29, 0.717) is 17.2 Å². The van der Waals surface area contributed by atoms with Gasteiger partial charge in [-0.25, -0.2) is 9.37 Å². The molecule has 1 amide bonds. The zero-order chi connectivity index (χ0) is 18.0. The SMILES string of the molecule is CC(C)n1cnnc1-c1cccc(NC(=O)c2cc(N)ccc2F)n1. The number of halogens is 1. The molecule has 0 saturated carbocycles. The maximum atomic E-state index is 13.8. The molecule has 8 heteroatoms. The average Bonchev–Trinajstić information content (AvgIpc) is 3.07. The van der Waals surface area contributed by atoms with Gasteiger partial charge in [0.15, 0.2) is 5.82 Å². The van der Waals surface area contributed by atoms with Gasteiger partial charge in [0.2, 0.25) is 0 Å². The average molecular weight is 340 g/mol. The molecule has 3 N–H and O–H groups in total. The zero-order valence-electron chi connectivity index (χ0n) is 13.8. The fraction of sp³-hybridized carbons (Fsp3) is 0.176. The molecule has 0 aliphatic carbocycles. The number of rotatable bonds is 4. The van der Waals surface area contributed by atoms with E-state index in [9.17, 15) is 9.18 Å². The predicted molar refractivity (Wildman–Crippen MR) is 92.4 cm³/mol. The van der Waals surface area contributed by atoms with Crippen molar-refractivity contribution in [2.45, 2.75) is 19.9 Å². The first-order valence-electron chi connectivity index (χ1n) is 7.69. The van der Waals surface area contributed by atoms with E-state index >= 15 is 0 Å². The molecule has 0 unspecified atom stereocenters. The Morgan fingerprint density at radius 3 is 2.84 bits per heavy atom. The lowest BCUT2D eigenvalue weighted by Crippen LogP contribution is -2.15. The molecule has 0 radical (unpaired) electrons. The van der Waals surface area contributed by atoms with Gasteiger partial charge in [-0.15, -0.1) is 10.2 Å². The van der Waals surface area contributed by atoms with E-state index in [1.54, 1.807) is 24.5 Å². The third-order valence-electron chi connectivity index (χ3n) is 3.58. The van der Waals surface area contributed by atoms with E-state index in [2.05, 4.69) is 20.5 Å². The molecular weight excluding hydrogens is 323 g/mol. The summed E-state index contributed by atoms with van der Waals surface area (Å²) in [6, 6.07) is 9.09. The number of carbonyl (C=O) groups is 1. The molecule has 0 spiro atoms. The van der Waals surface area contributed by atoms with Crippen molar-refractivity contribution in [2.24, 2.45) is 0 Å². The Hall–Kier alpha value is -3.29. The van der Waals surface area contributed by atoms with E-state index in [1.807, 2.05) is 18.4 Å². The topological polar surface area (TPSA) is 98.7 Å². The van der Waals surface area contributed by atoms with Crippen LogP contribution >= 0.6 is 0 Å². The third-order valence-corrected chi connectivity index (χ3v) is 3.58. The number of hydrogen-bond donors (Lipinski definition) is 2. The maximum Gasteiger partial charge on any atom is 0.259 e. The summed E-state index contributed by atoms with van der Waals surface area (Å²) < 4.78 is 15.7. The molecule has 0 bridgehead atoms. The molecule has 2 aromatic heterocycles. The number of amides is 1. The van der Waals surface area contributed by atoms with Crippen LogP contribution in [-0.2, 0) is 0 Å². The summed E-state index contributed by atoms with van der Waals surface area (Å²) in [5, 5.41) is 10.5. The fourth-order valence-corrected chi connectivity index (χ4v) is 2.33. The number of nitrogens with zero attached hydrogens (tertiary/aromatic N) is 4. The Kier molecular flexibility index (Phi) is 4.42. The number of hydrogen-bond acceptors (Lipinski definition) is 5. The largest absolute Gasteiger partial charge is 0.399 e. The van der Waals surface area contributed by atoms with Gasteiger partial charge in [-0.05, 0) is 44.2 Å². The summed E-state index contributed by atoms with van der Waals surface area (Å²) in [5.74, 6) is -0.411. The highest BCUT2D eigenvalue weighted by atomic mass is 19.1. The van der Waals surface area contributed by atoms with Gasteiger partial charge in [-0.1, -0.05) is 6.07 Å². The van der Waals surface area contributed by atoms with Gasteiger partial charge in [0.1, 0.15) is 23.7 Å². The molecule has 25 heavy (non-hydrogen) atoms. The number of nitrogen functional groups attached to an aromatic ring is 1. The van der Waals surface area contributed by atoms with Gasteiger partial charge in [0, 0.05) is 11.7 Å². The molecular formula is C17H17FN6O. The second kappa shape index (κ2) is 6.68. The smallest absolute Gasteiger partial charge is 0.259 e. The summed E-state index contributed by atoms with van der Waals surface area (Å²) in [6.45, 7) is 4.00. The van der Waals surface area contributed by atoms with Crippen LogP contribution in [0.25, 0.3) is 11.5 Å². The van der Waals surface area contributed by atoms with Crippen molar-refractivity contribution in [3.8, 4) is 11.5 Å². The van der Waals surface area contributed by atoms with Crippen LogP contribution in [0.2, 0.25) is 0 Å². The van der Waals surface area contributed by atoms with Crippen LogP contribution in [-0.4, -0.2) is 25.7 Å². The number of pyridine rings is 1. The Bertz CT molecular complexity index is 921. The zero-order valence-corrected chi connectivity index (χ0v) is 13.8. The molecule has 3 aromatic rings. The van der Waals surface area contributed by atoms with E-state index in [0.717, 1.165) is 6.07 Å². The van der Waals surface area contributed by atoms with Gasteiger partial charge < -0.3 is 15.6 Å². The first kappa shape index (κ1) is 16.6. The normalized spacial score (nSPS) is 10.9. The van der Waals surface area contributed by atoms with Gasteiger partial charge in [0.25, 0.3) is 5.91 Å². The number of anilines is 2. The lowest BCUT2D eigenvalue weighted by Gasteiger charge is -2.11. The second-order valence-corrected chi connectivity index (χ2v) is 5.76. The van der Waals surface area contributed by atoms with Crippen molar-refractivity contribution in [3.63, 3.8) is 0 Å². The molecule has 7 nitrogen and oxygen atoms in total. The Labute approximate surface area is 143 Å². The number of benzene rings is 1. The maximum absolute atomic E-state index is 13.8. The Morgan fingerprint density at radius 2 is 2.08 bits per heavy atom. The van der Waals surface area contributed by atoms with Crippen LogP contribution in [0.5, 0.6) is 0 Å². The monoisotopic (exact) mass is 340 g/mol. The highest BCUT2D eigenvalue weighted by Gasteiger charge is 2.15. The number of carbonyl (C=O) groups excluding carboxylic acids is 1. The molecule has 2 heterocycles. The molecule has 0 saturated heterocycles. The van der Waals surface area contributed by atoms with Crippen molar-refractivity contribution in [2.75, 3.05) is 11.1 Å². The summed E-state index contributed by atoms with van der Waals surface area (Å²) in [6.07, 6.45) is 1.62. The van der Waals surface area contributed by atoms with Gasteiger partial charge >= 0.3 is 0 Å². The molecule has 0 atom stereocenters. The van der Waals surface area contributed by atoms with Crippen molar-refractivity contribution in [1.29, 1.82) is 0 Å². The molecule has 0 aliphatic heterocycles. The van der Waals surface area contributed by atoms with Gasteiger partial charge in [0.05, 0.1) is 5.56 Å². The van der Waals surface area contributed by atoms with Gasteiger partial charge in [-0.3, -0.25) is 4.79 Å². The van der Waals surface area contributed by atoms with E-state index in [1.165, 1.54) is 12.1 Å². The minimum absolute atomic E-state index is 0.141. The highest BCUT2D eigenvalue weighted by molar-refractivity contribution is 6.04. The van der Waals surface area contributed by atoms with Crippen molar-refractivity contribution in [1.82, 2.24) is 19.7 Å². The summed E-state index contributed by atoms with van der Waals surface area (Å²) in [4.78, 5) is 16.6. The standard InChI is InChI=1S/C17H17FN6O/c1-10(2)24-9-20-23-16(24)14-4-3-5-15(21-14)22-17(25)12-8-11(19)6-7-13(12)18/h3-10H,19H2,1-2H3,(H,21,22,25). The summed E-state index contributed by atoms with van der Waals surface area (Å²) >= 11 is 0. The molecule has 128 valence electrons. The van der Waals surface area contributed by atoms with Crippen molar-refractivity contribution >= 4 is 17.4 Å². The first-order valence-corrected chi connectivity index (χ1v) is 7.69. The van der Waals surface area contributed by atoms with Crippen LogP contribution < -0.4 is 11.1 Å². The first-order chi connectivity index (χ1) is 12.0. The number of nitrogens with two attached hydrogens (primary N) is 1. The molecule has 0 fully saturated rings. The van der Waals surface area contributed by atoms with E-state index in [-0.39, 0.29) is 17.4 Å². The van der Waals surface area contributed by atoms with Gasteiger partial charge in [-0.2, -0.15) is 0 Å².